The molecule has 0 saturated carbocycles. The molecule has 1 N–H and O–H groups in total. The molecule has 5 heteroatoms. The Morgan fingerprint density at radius 1 is 1.59 bits per heavy atom. The van der Waals surface area contributed by atoms with E-state index in [9.17, 15) is 4.79 Å². The molecule has 0 radical (unpaired) electrons. The number of nitrogens with zero attached hydrogens (tertiary/aromatic N) is 2. The molecule has 0 saturated heterocycles. The van der Waals surface area contributed by atoms with Crippen LogP contribution < -0.4 is 10.2 Å². The van der Waals surface area contributed by atoms with E-state index in [1.165, 1.54) is 0 Å². The number of halogens is 1. The van der Waals surface area contributed by atoms with Crippen LogP contribution in [0.4, 0.5) is 5.69 Å². The Balaban J connectivity index is 2.90. The third-order valence-electron chi connectivity index (χ3n) is 2.27. The van der Waals surface area contributed by atoms with Crippen molar-refractivity contribution in [1.82, 2.24) is 5.32 Å². The molecule has 0 aliphatic heterocycles. The number of anilines is 1. The first-order chi connectivity index (χ1) is 8.10. The highest BCUT2D eigenvalue weighted by molar-refractivity contribution is 9.10. The summed E-state index contributed by atoms with van der Waals surface area (Å²) in [6, 6.07) is 7.60. The molecule has 1 rings (SSSR count). The van der Waals surface area contributed by atoms with Gasteiger partial charge in [-0.15, -0.1) is 0 Å². The number of amides is 1. The van der Waals surface area contributed by atoms with E-state index in [-0.39, 0.29) is 12.5 Å². The minimum atomic E-state index is -0.0566. The van der Waals surface area contributed by atoms with Crippen LogP contribution in [0, 0.1) is 11.3 Å². The molecule has 0 unspecified atom stereocenters. The lowest BCUT2D eigenvalue weighted by molar-refractivity contribution is -0.119. The number of likely N-dealkylation sites (N-methyl/N-ethyl adjacent to an activating group) is 2. The number of benzene rings is 1. The zero-order valence-electron chi connectivity index (χ0n) is 9.83. The van der Waals surface area contributed by atoms with E-state index >= 15 is 0 Å². The van der Waals surface area contributed by atoms with E-state index < -0.39 is 0 Å². The Labute approximate surface area is 109 Å². The van der Waals surface area contributed by atoms with Crippen molar-refractivity contribution in [1.29, 1.82) is 5.26 Å². The van der Waals surface area contributed by atoms with Gasteiger partial charge in [-0.25, -0.2) is 0 Å². The Bertz CT molecular complexity index is 454. The largest absolute Gasteiger partial charge is 0.364 e. The lowest BCUT2D eigenvalue weighted by Crippen LogP contribution is -2.35. The molecule has 0 spiro atoms. The number of carbonyl (C=O) groups excluding carboxylic acids is 1. The van der Waals surface area contributed by atoms with Crippen molar-refractivity contribution in [3.05, 3.63) is 28.2 Å². The fraction of sp³-hybridized carbons (Fsp3) is 0.333. The summed E-state index contributed by atoms with van der Waals surface area (Å²) in [7, 11) is 1.79. The quantitative estimate of drug-likeness (QED) is 0.923. The van der Waals surface area contributed by atoms with Crippen molar-refractivity contribution in [2.75, 3.05) is 25.0 Å². The molecular weight excluding hydrogens is 282 g/mol. The molecular formula is C12H14BrN3O. The Kier molecular flexibility index (Phi) is 4.98. The van der Waals surface area contributed by atoms with Crippen molar-refractivity contribution in [2.24, 2.45) is 0 Å². The van der Waals surface area contributed by atoms with Gasteiger partial charge >= 0.3 is 0 Å². The van der Waals surface area contributed by atoms with E-state index in [2.05, 4.69) is 27.3 Å². The lowest BCUT2D eigenvalue weighted by Gasteiger charge is -2.20. The van der Waals surface area contributed by atoms with Crippen LogP contribution in [0.3, 0.4) is 0 Å². The van der Waals surface area contributed by atoms with Crippen molar-refractivity contribution in [2.45, 2.75) is 6.92 Å². The SMILES string of the molecule is CCNC(=O)CN(C)c1cccc(Br)c1C#N. The highest BCUT2D eigenvalue weighted by atomic mass is 79.9. The van der Waals surface area contributed by atoms with Crippen LogP contribution in [0.15, 0.2) is 22.7 Å². The number of nitrogens with one attached hydrogen (secondary N) is 1. The van der Waals surface area contributed by atoms with Gasteiger partial charge in [-0.2, -0.15) is 5.26 Å². The second kappa shape index (κ2) is 6.26. The minimum absolute atomic E-state index is 0.0566. The molecule has 0 atom stereocenters. The lowest BCUT2D eigenvalue weighted by atomic mass is 10.2. The van der Waals surface area contributed by atoms with E-state index in [1.807, 2.05) is 25.1 Å². The molecule has 1 aromatic rings. The van der Waals surface area contributed by atoms with Crippen molar-refractivity contribution >= 4 is 27.5 Å². The molecule has 17 heavy (non-hydrogen) atoms. The van der Waals surface area contributed by atoms with E-state index in [1.54, 1.807) is 11.9 Å². The van der Waals surface area contributed by atoms with Gasteiger partial charge in [0.2, 0.25) is 5.91 Å². The molecule has 0 aliphatic carbocycles. The highest BCUT2D eigenvalue weighted by Gasteiger charge is 2.12. The summed E-state index contributed by atoms with van der Waals surface area (Å²) in [5.74, 6) is -0.0566. The number of hydrogen-bond acceptors (Lipinski definition) is 3. The van der Waals surface area contributed by atoms with Gasteiger partial charge in [0.15, 0.2) is 0 Å². The Hall–Kier alpha value is -1.54. The summed E-state index contributed by atoms with van der Waals surface area (Å²) in [5, 5.41) is 11.8. The molecule has 4 nitrogen and oxygen atoms in total. The normalized spacial score (nSPS) is 9.53. The van der Waals surface area contributed by atoms with Gasteiger partial charge in [0.05, 0.1) is 17.8 Å². The molecule has 1 amide bonds. The van der Waals surface area contributed by atoms with E-state index in [0.717, 1.165) is 10.2 Å². The Morgan fingerprint density at radius 3 is 2.88 bits per heavy atom. The van der Waals surface area contributed by atoms with E-state index in [0.29, 0.717) is 12.1 Å². The predicted molar refractivity (Wildman–Crippen MR) is 70.8 cm³/mol. The number of hydrogen-bond donors (Lipinski definition) is 1. The summed E-state index contributed by atoms with van der Waals surface area (Å²) in [5.41, 5.74) is 1.28. The molecule has 0 bridgehead atoms. The molecule has 1 aromatic carbocycles. The van der Waals surface area contributed by atoms with Crippen molar-refractivity contribution < 1.29 is 4.79 Å². The monoisotopic (exact) mass is 295 g/mol. The summed E-state index contributed by atoms with van der Waals surface area (Å²) in [4.78, 5) is 13.2. The second-order valence-electron chi connectivity index (χ2n) is 3.56. The van der Waals surface area contributed by atoms with Crippen LogP contribution in [0.2, 0.25) is 0 Å². The van der Waals surface area contributed by atoms with E-state index in [4.69, 9.17) is 5.26 Å². The van der Waals surface area contributed by atoms with Crippen molar-refractivity contribution in [3.8, 4) is 6.07 Å². The molecule has 90 valence electrons. The number of carbonyl (C=O) groups is 1. The van der Waals surface area contributed by atoms with Gasteiger partial charge in [0, 0.05) is 18.1 Å². The number of rotatable bonds is 4. The maximum absolute atomic E-state index is 11.5. The van der Waals surface area contributed by atoms with Gasteiger partial charge in [-0.3, -0.25) is 4.79 Å². The van der Waals surface area contributed by atoms with Crippen LogP contribution in [0.25, 0.3) is 0 Å². The summed E-state index contributed by atoms with van der Waals surface area (Å²) in [6.45, 7) is 2.72. The average molecular weight is 296 g/mol. The first-order valence-electron chi connectivity index (χ1n) is 5.26. The summed E-state index contributed by atoms with van der Waals surface area (Å²) >= 11 is 3.32. The van der Waals surface area contributed by atoms with Crippen LogP contribution >= 0.6 is 15.9 Å². The summed E-state index contributed by atoms with van der Waals surface area (Å²) < 4.78 is 0.736. The molecule has 0 aliphatic rings. The van der Waals surface area contributed by atoms with Crippen LogP contribution in [0.1, 0.15) is 12.5 Å². The third-order valence-corrected chi connectivity index (χ3v) is 2.93. The molecule has 0 aromatic heterocycles. The smallest absolute Gasteiger partial charge is 0.239 e. The zero-order chi connectivity index (χ0) is 12.8. The van der Waals surface area contributed by atoms with Crippen LogP contribution in [-0.2, 0) is 4.79 Å². The van der Waals surface area contributed by atoms with Gasteiger partial charge < -0.3 is 10.2 Å². The second-order valence-corrected chi connectivity index (χ2v) is 4.41. The minimum Gasteiger partial charge on any atom is -0.364 e. The zero-order valence-corrected chi connectivity index (χ0v) is 11.4. The fourth-order valence-electron chi connectivity index (χ4n) is 1.50. The van der Waals surface area contributed by atoms with Gasteiger partial charge in [0.25, 0.3) is 0 Å². The van der Waals surface area contributed by atoms with Gasteiger partial charge in [0.1, 0.15) is 6.07 Å². The maximum atomic E-state index is 11.5. The third kappa shape index (κ3) is 3.46. The molecule has 0 fully saturated rings. The summed E-state index contributed by atoms with van der Waals surface area (Å²) in [6.07, 6.45) is 0. The van der Waals surface area contributed by atoms with Crippen LogP contribution in [-0.4, -0.2) is 26.0 Å². The Morgan fingerprint density at radius 2 is 2.29 bits per heavy atom. The standard InChI is InChI=1S/C12H14BrN3O/c1-3-15-12(17)8-16(2)11-6-4-5-10(13)9(11)7-14/h4-6H,3,8H2,1-2H3,(H,15,17). The first kappa shape index (κ1) is 13.5. The van der Waals surface area contributed by atoms with Crippen molar-refractivity contribution in [3.63, 3.8) is 0 Å². The van der Waals surface area contributed by atoms with Gasteiger partial charge in [-0.05, 0) is 35.0 Å². The fourth-order valence-corrected chi connectivity index (χ4v) is 1.94. The predicted octanol–water partition coefficient (Wildman–Crippen LogP) is 1.89. The highest BCUT2D eigenvalue weighted by Crippen LogP contribution is 2.26. The average Bonchev–Trinajstić information content (AvgIpc) is 2.28. The van der Waals surface area contributed by atoms with Crippen LogP contribution in [0.5, 0.6) is 0 Å². The topological polar surface area (TPSA) is 56.1 Å². The number of nitriles is 1. The van der Waals surface area contributed by atoms with Gasteiger partial charge in [-0.1, -0.05) is 6.07 Å². The first-order valence-corrected chi connectivity index (χ1v) is 6.05. The molecule has 0 heterocycles. The maximum Gasteiger partial charge on any atom is 0.239 e.